The Morgan fingerprint density at radius 3 is 2.30 bits per heavy atom. The van der Waals surface area contributed by atoms with Crippen molar-refractivity contribution in [3.05, 3.63) is 0 Å². The second kappa shape index (κ2) is 6.62. The van der Waals surface area contributed by atoms with Crippen molar-refractivity contribution in [1.29, 1.82) is 0 Å². The molecule has 156 valence electrons. The van der Waals surface area contributed by atoms with E-state index in [4.69, 9.17) is 10.3 Å². The molecule has 13 heteroatoms. The van der Waals surface area contributed by atoms with Crippen molar-refractivity contribution < 1.29 is 30.9 Å². The summed E-state index contributed by atoms with van der Waals surface area (Å²) < 4.78 is 68.8. The number of alkyl halides is 3. The minimum absolute atomic E-state index is 0.153. The SMILES string of the molecule is CC(C)(C)[Si](C)(C)ON1C(=O)N2C[C@H]1CC[C@H]2C(N)=NS(=O)(=O)C(F)(F)F. The quantitative estimate of drug-likeness (QED) is 0.419. The number of rotatable bonds is 4. The van der Waals surface area contributed by atoms with Crippen LogP contribution in [0.2, 0.25) is 18.1 Å². The molecule has 8 nitrogen and oxygen atoms in total. The molecule has 2 rings (SSSR count). The van der Waals surface area contributed by atoms with Gasteiger partial charge in [-0.1, -0.05) is 20.8 Å². The van der Waals surface area contributed by atoms with Crippen molar-refractivity contribution in [3.8, 4) is 0 Å². The highest BCUT2D eigenvalue weighted by Gasteiger charge is 2.52. The van der Waals surface area contributed by atoms with Gasteiger partial charge in [0, 0.05) is 6.54 Å². The van der Waals surface area contributed by atoms with Crippen LogP contribution in [-0.4, -0.2) is 62.7 Å². The Balaban J connectivity index is 2.24. The van der Waals surface area contributed by atoms with Crippen molar-refractivity contribution in [2.75, 3.05) is 6.54 Å². The fraction of sp³-hybridized carbons (Fsp3) is 0.857. The van der Waals surface area contributed by atoms with E-state index in [2.05, 4.69) is 4.40 Å². The largest absolute Gasteiger partial charge is 0.518 e. The highest BCUT2D eigenvalue weighted by Crippen LogP contribution is 2.40. The van der Waals surface area contributed by atoms with Crippen LogP contribution >= 0.6 is 0 Å². The van der Waals surface area contributed by atoms with Crippen molar-refractivity contribution in [1.82, 2.24) is 9.96 Å². The molecule has 0 spiro atoms. The lowest BCUT2D eigenvalue weighted by molar-refractivity contribution is -0.0435. The summed E-state index contributed by atoms with van der Waals surface area (Å²) in [6.07, 6.45) is 0.625. The Bertz CT molecular complexity index is 748. The third kappa shape index (κ3) is 4.09. The summed E-state index contributed by atoms with van der Waals surface area (Å²) in [5.41, 5.74) is 0.00582. The number of urea groups is 1. The van der Waals surface area contributed by atoms with Gasteiger partial charge in [-0.15, -0.1) is 4.40 Å². The molecule has 0 unspecified atom stereocenters. The molecule has 2 bridgehead atoms. The molecular formula is C14H25F3N4O4SSi. The number of halogens is 3. The smallest absolute Gasteiger partial charge is 0.385 e. The zero-order valence-corrected chi connectivity index (χ0v) is 17.7. The van der Waals surface area contributed by atoms with Crippen LogP contribution in [0.15, 0.2) is 4.40 Å². The van der Waals surface area contributed by atoms with Gasteiger partial charge < -0.3 is 15.2 Å². The molecule has 2 saturated heterocycles. The fourth-order valence-corrected chi connectivity index (χ4v) is 4.19. The average Bonchev–Trinajstić information content (AvgIpc) is 2.69. The van der Waals surface area contributed by atoms with E-state index in [9.17, 15) is 26.4 Å². The molecule has 2 aliphatic heterocycles. The normalized spacial score (nSPS) is 25.3. The van der Waals surface area contributed by atoms with E-state index in [1.165, 1.54) is 9.96 Å². The minimum atomic E-state index is -5.76. The van der Waals surface area contributed by atoms with Gasteiger partial charge >= 0.3 is 21.6 Å². The molecule has 0 aromatic heterocycles. The third-order valence-electron chi connectivity index (χ3n) is 5.32. The number of hydrogen-bond donors (Lipinski definition) is 1. The zero-order valence-electron chi connectivity index (χ0n) is 15.9. The van der Waals surface area contributed by atoms with E-state index in [1.54, 1.807) is 0 Å². The van der Waals surface area contributed by atoms with E-state index in [0.717, 1.165) is 0 Å². The zero-order chi connectivity index (χ0) is 21.0. The van der Waals surface area contributed by atoms with Gasteiger partial charge in [0.15, 0.2) is 0 Å². The maximum Gasteiger partial charge on any atom is 0.518 e. The predicted molar refractivity (Wildman–Crippen MR) is 95.6 cm³/mol. The van der Waals surface area contributed by atoms with Crippen LogP contribution < -0.4 is 5.73 Å². The molecule has 0 saturated carbocycles. The molecule has 0 aromatic carbocycles. The molecule has 0 aromatic rings. The first-order chi connectivity index (χ1) is 12.0. The maximum absolute atomic E-state index is 12.7. The lowest BCUT2D eigenvalue weighted by Gasteiger charge is -2.39. The number of hydroxylamine groups is 2. The first-order valence-electron chi connectivity index (χ1n) is 8.43. The topological polar surface area (TPSA) is 105 Å². The molecule has 0 radical (unpaired) electrons. The molecule has 2 aliphatic rings. The number of nitrogens with two attached hydrogens (primary N) is 1. The second-order valence-corrected chi connectivity index (χ2v) is 14.6. The number of amidine groups is 1. The van der Waals surface area contributed by atoms with E-state index >= 15 is 0 Å². The molecule has 0 aliphatic carbocycles. The molecule has 2 amide bonds. The van der Waals surface area contributed by atoms with Gasteiger partial charge in [-0.05, 0) is 31.0 Å². The van der Waals surface area contributed by atoms with Crippen molar-refractivity contribution in [2.24, 2.45) is 10.1 Å². The second-order valence-electron chi connectivity index (χ2n) is 8.30. The number of nitrogens with zero attached hydrogens (tertiary/aromatic N) is 3. The number of carbonyl (C=O) groups excluding carboxylic acids is 1. The van der Waals surface area contributed by atoms with Gasteiger partial charge in [-0.2, -0.15) is 21.6 Å². The molecule has 2 heterocycles. The molecule has 27 heavy (non-hydrogen) atoms. The van der Waals surface area contributed by atoms with E-state index in [1.807, 2.05) is 33.9 Å². The average molecular weight is 431 g/mol. The number of sulfonamides is 1. The lowest BCUT2D eigenvalue weighted by atomic mass is 10.0. The van der Waals surface area contributed by atoms with Gasteiger partial charge in [-0.3, -0.25) is 0 Å². The van der Waals surface area contributed by atoms with Crippen molar-refractivity contribution >= 4 is 30.2 Å². The minimum Gasteiger partial charge on any atom is -0.385 e. The summed E-state index contributed by atoms with van der Waals surface area (Å²) in [6.45, 7) is 10.2. The Hall–Kier alpha value is -1.34. The Morgan fingerprint density at radius 1 is 1.26 bits per heavy atom. The molecule has 2 N–H and O–H groups in total. The van der Waals surface area contributed by atoms with Gasteiger partial charge in [0.1, 0.15) is 5.84 Å². The van der Waals surface area contributed by atoms with Gasteiger partial charge in [0.05, 0.1) is 12.1 Å². The first kappa shape index (κ1) is 22.0. The summed E-state index contributed by atoms with van der Waals surface area (Å²) in [6, 6.07) is -1.80. The van der Waals surface area contributed by atoms with E-state index in [0.29, 0.717) is 6.42 Å². The van der Waals surface area contributed by atoms with Crippen molar-refractivity contribution in [2.45, 2.75) is 69.3 Å². The van der Waals surface area contributed by atoms with Crippen LogP contribution in [0.3, 0.4) is 0 Å². The highest BCUT2D eigenvalue weighted by molar-refractivity contribution is 7.91. The van der Waals surface area contributed by atoms with Crippen LogP contribution in [0.25, 0.3) is 0 Å². The Morgan fingerprint density at radius 2 is 1.81 bits per heavy atom. The van der Waals surface area contributed by atoms with Gasteiger partial charge in [0.2, 0.25) is 8.32 Å². The fourth-order valence-electron chi connectivity index (χ4n) is 2.69. The van der Waals surface area contributed by atoms with E-state index in [-0.39, 0.29) is 24.0 Å². The van der Waals surface area contributed by atoms with Crippen LogP contribution in [0.5, 0.6) is 0 Å². The number of hydrogen-bond acceptors (Lipinski definition) is 4. The summed E-state index contributed by atoms with van der Waals surface area (Å²) in [5, 5.41) is 1.13. The van der Waals surface area contributed by atoms with Crippen LogP contribution in [0.1, 0.15) is 33.6 Å². The molecule has 2 fully saturated rings. The maximum atomic E-state index is 12.7. The first-order valence-corrected chi connectivity index (χ1v) is 12.8. The standard InChI is InChI=1S/C14H25F3N4O4SSi/c1-13(2,3)27(4,5)25-21-9-6-7-10(20(8-9)12(21)22)11(18)19-26(23,24)14(15,16)17/h9-10H,6-8H2,1-5H3,(H2,18,19)/t9-,10+/m1/s1. The number of piperidine rings is 1. The summed E-state index contributed by atoms with van der Waals surface area (Å²) in [4.78, 5) is 14.0. The van der Waals surface area contributed by atoms with Crippen LogP contribution in [0.4, 0.5) is 18.0 Å². The molecular weight excluding hydrogens is 405 g/mol. The van der Waals surface area contributed by atoms with Gasteiger partial charge in [-0.25, -0.2) is 9.86 Å². The van der Waals surface area contributed by atoms with Crippen LogP contribution in [0, 0.1) is 0 Å². The Labute approximate surface area is 157 Å². The van der Waals surface area contributed by atoms with E-state index < -0.39 is 41.8 Å². The summed E-state index contributed by atoms with van der Waals surface area (Å²) >= 11 is 0. The summed E-state index contributed by atoms with van der Waals surface area (Å²) in [7, 11) is -8.07. The Kier molecular flexibility index (Phi) is 5.38. The number of amides is 2. The highest BCUT2D eigenvalue weighted by atomic mass is 32.2. The molecule has 2 atom stereocenters. The van der Waals surface area contributed by atoms with Gasteiger partial charge in [0.25, 0.3) is 0 Å². The third-order valence-corrected chi connectivity index (χ3v) is 10.6. The predicted octanol–water partition coefficient (Wildman–Crippen LogP) is 2.40. The lowest BCUT2D eigenvalue weighted by Crippen LogP contribution is -2.50. The monoisotopic (exact) mass is 430 g/mol. The van der Waals surface area contributed by atoms with Crippen molar-refractivity contribution in [3.63, 3.8) is 0 Å². The summed E-state index contributed by atoms with van der Waals surface area (Å²) in [5.74, 6) is -0.742. The number of carbonyl (C=O) groups is 1. The number of fused-ring (bicyclic) bond motifs is 2. The van der Waals surface area contributed by atoms with Crippen LogP contribution in [-0.2, 0) is 14.6 Å².